The second kappa shape index (κ2) is 26.4. The molecule has 266 valence electrons. The fraction of sp³-hybridized carbons (Fsp3) is 0.710. The highest BCUT2D eigenvalue weighted by Gasteiger charge is 2.22. The van der Waals surface area contributed by atoms with Crippen LogP contribution in [0.3, 0.4) is 0 Å². The van der Waals surface area contributed by atoms with E-state index in [1.54, 1.807) is 4.90 Å². The third-order valence-electron chi connectivity index (χ3n) is 6.23. The highest BCUT2D eigenvalue weighted by Crippen LogP contribution is 2.07. The molecular weight excluding hydrogens is 622 g/mol. The number of hydrogen-bond donors (Lipinski definition) is 1. The molecule has 0 unspecified atom stereocenters. The molecule has 1 rings (SSSR count). The van der Waals surface area contributed by atoms with Crippen molar-refractivity contribution in [2.24, 2.45) is 0 Å². The van der Waals surface area contributed by atoms with E-state index in [0.717, 1.165) is 11.3 Å². The van der Waals surface area contributed by atoms with Crippen LogP contribution in [0.2, 0.25) is 0 Å². The van der Waals surface area contributed by atoms with Crippen LogP contribution in [0.25, 0.3) is 0 Å². The maximum absolute atomic E-state index is 12.0. The molecule has 0 saturated carbocycles. The van der Waals surface area contributed by atoms with Gasteiger partial charge in [0, 0.05) is 57.8 Å². The van der Waals surface area contributed by atoms with Crippen LogP contribution >= 0.6 is 0 Å². The van der Waals surface area contributed by atoms with Gasteiger partial charge >= 0.3 is 17.9 Å². The number of hydrogen-bond acceptors (Lipinski definition) is 14. The van der Waals surface area contributed by atoms with Crippen molar-refractivity contribution in [2.75, 3.05) is 92.2 Å². The third-order valence-corrected chi connectivity index (χ3v) is 6.23. The van der Waals surface area contributed by atoms with Gasteiger partial charge in [-0.3, -0.25) is 38.6 Å². The number of Topliss-reactive ketones (excluding diaryl/α,β-unsaturated/α-hetero) is 1. The summed E-state index contributed by atoms with van der Waals surface area (Å²) < 4.78 is 31.1. The fourth-order valence-electron chi connectivity index (χ4n) is 3.94. The number of carbonyl (C=O) groups is 7. The SMILES string of the molecule is CCCOC(=O)CCCOCCOCCNC(=O)COCC(=O)OCCN(CCOC(=O)CCCCN1C(=O)C=CC1=O)CC(C)=O. The number of rotatable bonds is 29. The van der Waals surface area contributed by atoms with E-state index < -0.39 is 24.5 Å². The van der Waals surface area contributed by atoms with Crippen LogP contribution in [-0.2, 0) is 62.0 Å². The molecule has 0 aromatic heterocycles. The lowest BCUT2D eigenvalue weighted by molar-refractivity contribution is -0.150. The molecule has 0 aromatic rings. The molecule has 0 aliphatic carbocycles. The van der Waals surface area contributed by atoms with Crippen molar-refractivity contribution in [2.45, 2.75) is 52.4 Å². The Morgan fingerprint density at radius 3 is 1.94 bits per heavy atom. The minimum Gasteiger partial charge on any atom is -0.466 e. The molecule has 0 fully saturated rings. The number of nitrogens with one attached hydrogen (secondary N) is 1. The monoisotopic (exact) mass is 671 g/mol. The zero-order valence-corrected chi connectivity index (χ0v) is 27.5. The van der Waals surface area contributed by atoms with E-state index in [1.165, 1.54) is 19.1 Å². The predicted octanol–water partition coefficient (Wildman–Crippen LogP) is -0.0415. The first-order chi connectivity index (χ1) is 22.6. The lowest BCUT2D eigenvalue weighted by Crippen LogP contribution is -2.36. The summed E-state index contributed by atoms with van der Waals surface area (Å²) in [5.41, 5.74) is 0. The minimum atomic E-state index is -0.679. The van der Waals surface area contributed by atoms with E-state index in [1.807, 2.05) is 6.92 Å². The summed E-state index contributed by atoms with van der Waals surface area (Å²) in [7, 11) is 0. The van der Waals surface area contributed by atoms with Crippen LogP contribution in [0.4, 0.5) is 0 Å². The second-order valence-electron chi connectivity index (χ2n) is 10.4. The van der Waals surface area contributed by atoms with Crippen LogP contribution in [0.1, 0.15) is 52.4 Å². The zero-order chi connectivity index (χ0) is 34.7. The molecule has 1 heterocycles. The predicted molar refractivity (Wildman–Crippen MR) is 165 cm³/mol. The van der Waals surface area contributed by atoms with Crippen LogP contribution in [0.15, 0.2) is 12.2 Å². The average Bonchev–Trinajstić information content (AvgIpc) is 3.34. The fourth-order valence-corrected chi connectivity index (χ4v) is 3.94. The normalized spacial score (nSPS) is 12.4. The molecule has 0 aromatic carbocycles. The summed E-state index contributed by atoms with van der Waals surface area (Å²) in [5, 5.41) is 2.59. The van der Waals surface area contributed by atoms with Gasteiger partial charge in [-0.2, -0.15) is 0 Å². The van der Waals surface area contributed by atoms with Crippen LogP contribution in [-0.4, -0.2) is 143 Å². The number of ketones is 1. The molecule has 0 atom stereocenters. The van der Waals surface area contributed by atoms with Gasteiger partial charge in [-0.05, 0) is 32.6 Å². The van der Waals surface area contributed by atoms with Crippen LogP contribution in [0.5, 0.6) is 0 Å². The minimum absolute atomic E-state index is 0.0305. The van der Waals surface area contributed by atoms with Crippen molar-refractivity contribution in [1.29, 1.82) is 0 Å². The molecule has 0 bridgehead atoms. The highest BCUT2D eigenvalue weighted by molar-refractivity contribution is 6.12. The Hall–Kier alpha value is -3.73. The van der Waals surface area contributed by atoms with Gasteiger partial charge in [0.25, 0.3) is 11.8 Å². The highest BCUT2D eigenvalue weighted by atomic mass is 16.6. The van der Waals surface area contributed by atoms with Gasteiger partial charge in [-0.15, -0.1) is 0 Å². The van der Waals surface area contributed by atoms with E-state index in [0.29, 0.717) is 52.1 Å². The molecule has 16 heteroatoms. The Morgan fingerprint density at radius 2 is 1.30 bits per heavy atom. The van der Waals surface area contributed by atoms with Gasteiger partial charge in [0.1, 0.15) is 32.2 Å². The van der Waals surface area contributed by atoms with Crippen molar-refractivity contribution in [3.8, 4) is 0 Å². The Bertz CT molecular complexity index is 1020. The largest absolute Gasteiger partial charge is 0.466 e. The topological polar surface area (TPSA) is 193 Å². The Labute approximate surface area is 275 Å². The van der Waals surface area contributed by atoms with Crippen molar-refractivity contribution in [3.05, 3.63) is 12.2 Å². The molecule has 0 spiro atoms. The molecule has 0 saturated heterocycles. The van der Waals surface area contributed by atoms with Gasteiger partial charge < -0.3 is 33.7 Å². The number of esters is 3. The van der Waals surface area contributed by atoms with E-state index in [2.05, 4.69) is 5.32 Å². The van der Waals surface area contributed by atoms with E-state index in [-0.39, 0.29) is 89.1 Å². The molecule has 1 aliphatic rings. The smallest absolute Gasteiger partial charge is 0.332 e. The Morgan fingerprint density at radius 1 is 0.702 bits per heavy atom. The van der Waals surface area contributed by atoms with Gasteiger partial charge in [0.2, 0.25) is 5.91 Å². The van der Waals surface area contributed by atoms with Gasteiger partial charge in [0.15, 0.2) is 0 Å². The summed E-state index contributed by atoms with van der Waals surface area (Å²) in [6.45, 7) is 5.39. The summed E-state index contributed by atoms with van der Waals surface area (Å²) in [4.78, 5) is 84.6. The quantitative estimate of drug-likeness (QED) is 0.0482. The summed E-state index contributed by atoms with van der Waals surface area (Å²) >= 11 is 0. The first-order valence-corrected chi connectivity index (χ1v) is 15.8. The lowest BCUT2D eigenvalue weighted by atomic mass is 10.2. The molecule has 0 radical (unpaired) electrons. The Balaban J connectivity index is 2.04. The number of unbranched alkanes of at least 4 members (excludes halogenated alkanes) is 1. The van der Waals surface area contributed by atoms with Gasteiger partial charge in [-0.1, -0.05) is 6.92 Å². The maximum Gasteiger partial charge on any atom is 0.332 e. The van der Waals surface area contributed by atoms with E-state index in [9.17, 15) is 33.6 Å². The van der Waals surface area contributed by atoms with Crippen molar-refractivity contribution in [1.82, 2.24) is 15.1 Å². The van der Waals surface area contributed by atoms with Crippen molar-refractivity contribution >= 4 is 41.4 Å². The number of ether oxygens (including phenoxy) is 6. The van der Waals surface area contributed by atoms with Crippen LogP contribution in [0, 0.1) is 0 Å². The standard InChI is InChI=1S/C31H49N3O13/c1-3-15-45-30(40)8-6-16-42-20-21-43-17-11-32-26(36)23-44-24-31(41)47-19-14-33(22-25(2)35)13-18-46-29(39)7-4-5-12-34-27(37)9-10-28(34)38/h9-10H,3-8,11-24H2,1-2H3,(H,32,36). The zero-order valence-electron chi connectivity index (χ0n) is 27.5. The van der Waals surface area contributed by atoms with Crippen molar-refractivity contribution in [3.63, 3.8) is 0 Å². The number of amides is 3. The molecule has 1 aliphatic heterocycles. The molecule has 1 N–H and O–H groups in total. The number of nitrogens with zero attached hydrogens (tertiary/aromatic N) is 2. The van der Waals surface area contributed by atoms with Gasteiger partial charge in [-0.25, -0.2) is 4.79 Å². The molecule has 3 amide bonds. The lowest BCUT2D eigenvalue weighted by Gasteiger charge is -2.20. The number of imide groups is 1. The summed E-state index contributed by atoms with van der Waals surface area (Å²) in [5.74, 6) is -2.62. The molecular formula is C31H49N3O13. The average molecular weight is 672 g/mol. The van der Waals surface area contributed by atoms with E-state index >= 15 is 0 Å². The summed E-state index contributed by atoms with van der Waals surface area (Å²) in [6, 6.07) is 0. The van der Waals surface area contributed by atoms with Crippen LogP contribution < -0.4 is 5.32 Å². The molecule has 47 heavy (non-hydrogen) atoms. The Kier molecular flexibility index (Phi) is 23.2. The molecule has 16 nitrogen and oxygen atoms in total. The first-order valence-electron chi connectivity index (χ1n) is 15.8. The van der Waals surface area contributed by atoms with Gasteiger partial charge in [0.05, 0.1) is 33.0 Å². The van der Waals surface area contributed by atoms with E-state index in [4.69, 9.17) is 28.4 Å². The van der Waals surface area contributed by atoms with Crippen molar-refractivity contribution < 1.29 is 62.0 Å². The second-order valence-corrected chi connectivity index (χ2v) is 10.4. The third kappa shape index (κ3) is 22.4. The first kappa shape index (κ1) is 41.3. The maximum atomic E-state index is 12.0. The number of carbonyl (C=O) groups excluding carboxylic acids is 7. The summed E-state index contributed by atoms with van der Waals surface area (Å²) in [6.07, 6.45) is 5.13.